The summed E-state index contributed by atoms with van der Waals surface area (Å²) in [5.74, 6) is 2.28. The zero-order valence-corrected chi connectivity index (χ0v) is 18.6. The van der Waals surface area contributed by atoms with Crippen LogP contribution in [-0.2, 0) is 17.6 Å². The molecule has 0 aliphatic heterocycles. The smallest absolute Gasteiger partial charge is 0.341 e. The van der Waals surface area contributed by atoms with Gasteiger partial charge >= 0.3 is 5.97 Å². The monoisotopic (exact) mass is 420 g/mol. The van der Waals surface area contributed by atoms with Crippen LogP contribution in [0.1, 0.15) is 79.1 Å². The highest BCUT2D eigenvalue weighted by Gasteiger charge is 2.42. The highest BCUT2D eigenvalue weighted by molar-refractivity contribution is 7.80. The quantitative estimate of drug-likeness (QED) is 0.511. The van der Waals surface area contributed by atoms with Crippen LogP contribution in [-0.4, -0.2) is 24.2 Å². The molecule has 3 aliphatic rings. The van der Waals surface area contributed by atoms with Crippen molar-refractivity contribution in [1.82, 2.24) is 5.32 Å². The number of esters is 1. The summed E-state index contributed by atoms with van der Waals surface area (Å²) in [5.41, 5.74) is 1.89. The number of hydrogen-bond donors (Lipinski definition) is 2. The standard InChI is InChI=1S/C22H32N2O2S2/c1-13(17-12-14-9-10-15(17)11-14)23-22(27)24-20-19(21(25)26-2)16-7-5-3-4-6-8-18(16)28-20/h13-15,17H,3-12H2,1-2H3,(H2,23,24,27). The normalized spacial score (nSPS) is 27.4. The number of ether oxygens (including phenoxy) is 1. The molecule has 4 unspecified atom stereocenters. The molecule has 0 saturated heterocycles. The van der Waals surface area contributed by atoms with E-state index in [1.807, 2.05) is 0 Å². The maximum atomic E-state index is 12.5. The van der Waals surface area contributed by atoms with E-state index in [1.54, 1.807) is 11.3 Å². The van der Waals surface area contributed by atoms with Crippen molar-refractivity contribution >= 4 is 39.6 Å². The zero-order valence-electron chi connectivity index (χ0n) is 17.0. The van der Waals surface area contributed by atoms with Gasteiger partial charge in [-0.15, -0.1) is 11.3 Å². The minimum Gasteiger partial charge on any atom is -0.465 e. The summed E-state index contributed by atoms with van der Waals surface area (Å²) in [7, 11) is 1.47. The van der Waals surface area contributed by atoms with Crippen molar-refractivity contribution in [3.8, 4) is 0 Å². The second-order valence-corrected chi connectivity index (χ2v) is 10.4. The summed E-state index contributed by atoms with van der Waals surface area (Å²) in [5, 5.41) is 8.37. The van der Waals surface area contributed by atoms with Crippen molar-refractivity contribution in [3.05, 3.63) is 16.0 Å². The summed E-state index contributed by atoms with van der Waals surface area (Å²) in [6.45, 7) is 2.26. The maximum Gasteiger partial charge on any atom is 0.341 e. The van der Waals surface area contributed by atoms with Crippen LogP contribution in [0, 0.1) is 17.8 Å². The number of carbonyl (C=O) groups excluding carboxylic acids is 1. The van der Waals surface area contributed by atoms with Gasteiger partial charge in [0.25, 0.3) is 0 Å². The highest BCUT2D eigenvalue weighted by atomic mass is 32.1. The molecule has 4 rings (SSSR count). The van der Waals surface area contributed by atoms with E-state index in [9.17, 15) is 4.79 Å². The van der Waals surface area contributed by atoms with Crippen molar-refractivity contribution in [2.45, 2.75) is 77.2 Å². The third kappa shape index (κ3) is 4.09. The van der Waals surface area contributed by atoms with E-state index in [4.69, 9.17) is 17.0 Å². The lowest BCUT2D eigenvalue weighted by atomic mass is 9.84. The Balaban J connectivity index is 1.47. The topological polar surface area (TPSA) is 50.4 Å². The summed E-state index contributed by atoms with van der Waals surface area (Å²) < 4.78 is 5.11. The summed E-state index contributed by atoms with van der Waals surface area (Å²) in [4.78, 5) is 13.9. The molecule has 0 amide bonds. The molecule has 2 N–H and O–H groups in total. The Kier molecular flexibility index (Phi) is 6.26. The largest absolute Gasteiger partial charge is 0.465 e. The van der Waals surface area contributed by atoms with Gasteiger partial charge < -0.3 is 15.4 Å². The highest BCUT2D eigenvalue weighted by Crippen LogP contribution is 2.49. The molecular weight excluding hydrogens is 388 g/mol. The number of methoxy groups -OCH3 is 1. The van der Waals surface area contributed by atoms with Gasteiger partial charge in [0.15, 0.2) is 5.11 Å². The number of nitrogens with one attached hydrogen (secondary N) is 2. The Morgan fingerprint density at radius 3 is 2.64 bits per heavy atom. The maximum absolute atomic E-state index is 12.5. The van der Waals surface area contributed by atoms with Crippen molar-refractivity contribution in [1.29, 1.82) is 0 Å². The third-order valence-corrected chi connectivity index (χ3v) is 8.51. The number of rotatable bonds is 4. The summed E-state index contributed by atoms with van der Waals surface area (Å²) >= 11 is 7.33. The van der Waals surface area contributed by atoms with Crippen molar-refractivity contribution in [3.63, 3.8) is 0 Å². The van der Waals surface area contributed by atoms with Gasteiger partial charge in [0.1, 0.15) is 5.00 Å². The number of aryl methyl sites for hydroxylation is 1. The Bertz CT molecular complexity index is 745. The summed E-state index contributed by atoms with van der Waals surface area (Å²) in [6, 6.07) is 0.373. The average molecular weight is 421 g/mol. The van der Waals surface area contributed by atoms with Crippen molar-refractivity contribution in [2.24, 2.45) is 17.8 Å². The fraction of sp³-hybridized carbons (Fsp3) is 0.727. The molecule has 2 saturated carbocycles. The predicted octanol–water partition coefficient (Wildman–Crippen LogP) is 5.30. The number of fused-ring (bicyclic) bond motifs is 3. The first kappa shape index (κ1) is 20.1. The second-order valence-electron chi connectivity index (χ2n) is 8.84. The van der Waals surface area contributed by atoms with Crippen LogP contribution in [0.4, 0.5) is 5.00 Å². The lowest BCUT2D eigenvalue weighted by molar-refractivity contribution is 0.0601. The molecule has 2 fully saturated rings. The van der Waals surface area contributed by atoms with Crippen LogP contribution >= 0.6 is 23.6 Å². The Hall–Kier alpha value is -1.14. The predicted molar refractivity (Wildman–Crippen MR) is 119 cm³/mol. The van der Waals surface area contributed by atoms with E-state index in [1.165, 1.54) is 62.5 Å². The van der Waals surface area contributed by atoms with Crippen LogP contribution < -0.4 is 10.6 Å². The van der Waals surface area contributed by atoms with Crippen LogP contribution in [0.3, 0.4) is 0 Å². The van der Waals surface area contributed by atoms with Crippen LogP contribution in [0.15, 0.2) is 0 Å². The molecule has 28 heavy (non-hydrogen) atoms. The SMILES string of the molecule is COC(=O)c1c(NC(=S)NC(C)C2CC3CCC2C3)sc2c1CCCCCC2. The molecular formula is C22H32N2O2S2. The van der Waals surface area contributed by atoms with Crippen LogP contribution in [0.2, 0.25) is 0 Å². The number of thiocarbonyl (C=S) groups is 1. The van der Waals surface area contributed by atoms with Gasteiger partial charge in [0.05, 0.1) is 12.7 Å². The molecule has 0 radical (unpaired) electrons. The molecule has 1 heterocycles. The van der Waals surface area contributed by atoms with Gasteiger partial charge in [-0.05, 0) is 87.4 Å². The van der Waals surface area contributed by atoms with Gasteiger partial charge in [0.2, 0.25) is 0 Å². The minimum atomic E-state index is -0.246. The Morgan fingerprint density at radius 2 is 1.96 bits per heavy atom. The third-order valence-electron chi connectivity index (χ3n) is 7.08. The Labute approximate surface area is 177 Å². The van der Waals surface area contributed by atoms with Crippen LogP contribution in [0.25, 0.3) is 0 Å². The first-order valence-corrected chi connectivity index (χ1v) is 12.1. The van der Waals surface area contributed by atoms with E-state index in [0.717, 1.165) is 42.0 Å². The number of thiophene rings is 1. The Morgan fingerprint density at radius 1 is 1.18 bits per heavy atom. The molecule has 154 valence electrons. The average Bonchev–Trinajstić information content (AvgIpc) is 3.36. The van der Waals surface area contributed by atoms with Crippen molar-refractivity contribution < 1.29 is 9.53 Å². The van der Waals surface area contributed by atoms with Gasteiger partial charge in [-0.2, -0.15) is 0 Å². The van der Waals surface area contributed by atoms with Gasteiger partial charge in [-0.25, -0.2) is 4.79 Å². The van der Waals surface area contributed by atoms with Crippen molar-refractivity contribution in [2.75, 3.05) is 12.4 Å². The molecule has 4 nitrogen and oxygen atoms in total. The van der Waals surface area contributed by atoms with E-state index < -0.39 is 0 Å². The molecule has 6 heteroatoms. The first-order chi connectivity index (χ1) is 13.6. The minimum absolute atomic E-state index is 0.246. The molecule has 1 aromatic heterocycles. The van der Waals surface area contributed by atoms with E-state index in [-0.39, 0.29) is 5.97 Å². The lowest BCUT2D eigenvalue weighted by Gasteiger charge is -2.29. The molecule has 0 spiro atoms. The lowest BCUT2D eigenvalue weighted by Crippen LogP contribution is -2.42. The second kappa shape index (κ2) is 8.70. The molecule has 4 atom stereocenters. The number of anilines is 1. The first-order valence-electron chi connectivity index (χ1n) is 10.9. The van der Waals surface area contributed by atoms with E-state index in [2.05, 4.69) is 17.6 Å². The zero-order chi connectivity index (χ0) is 19.7. The number of carbonyl (C=O) groups is 1. The molecule has 1 aromatic rings. The van der Waals surface area contributed by atoms with Gasteiger partial charge in [0, 0.05) is 10.9 Å². The fourth-order valence-electron chi connectivity index (χ4n) is 5.68. The molecule has 2 bridgehead atoms. The van der Waals surface area contributed by atoms with E-state index in [0.29, 0.717) is 16.7 Å². The van der Waals surface area contributed by atoms with Crippen LogP contribution in [0.5, 0.6) is 0 Å². The van der Waals surface area contributed by atoms with Gasteiger partial charge in [-0.3, -0.25) is 0 Å². The summed E-state index contributed by atoms with van der Waals surface area (Å²) in [6.07, 6.45) is 12.4. The molecule has 0 aromatic carbocycles. The number of hydrogen-bond acceptors (Lipinski definition) is 4. The molecule has 3 aliphatic carbocycles. The van der Waals surface area contributed by atoms with E-state index >= 15 is 0 Å². The van der Waals surface area contributed by atoms with Gasteiger partial charge in [-0.1, -0.05) is 19.3 Å². The fourth-order valence-corrected chi connectivity index (χ4v) is 7.32.